The Kier molecular flexibility index (Phi) is 2.93. The minimum Gasteiger partial charge on any atom is -0.494 e. The van der Waals surface area contributed by atoms with Gasteiger partial charge in [-0.15, -0.1) is 22.7 Å². The van der Waals surface area contributed by atoms with Gasteiger partial charge in [-0.3, -0.25) is 0 Å². The van der Waals surface area contributed by atoms with Crippen molar-refractivity contribution in [2.75, 3.05) is 12.3 Å². The summed E-state index contributed by atoms with van der Waals surface area (Å²) in [5, 5.41) is 3.78. The van der Waals surface area contributed by atoms with Crippen LogP contribution in [0, 0.1) is 0 Å². The van der Waals surface area contributed by atoms with Crippen LogP contribution < -0.4 is 10.5 Å². The maximum atomic E-state index is 5.93. The highest BCUT2D eigenvalue weighted by Gasteiger charge is 2.10. The standard InChI is InChI=1S/C13H12N2OS2/c1-2-16-8-3-4-10-11(7-8)18-13(15-10)9-5-6-17-12(9)14/h3-7H,2,14H2,1H3. The highest BCUT2D eigenvalue weighted by Crippen LogP contribution is 2.36. The van der Waals surface area contributed by atoms with Gasteiger partial charge in [0, 0.05) is 5.56 Å². The number of thiophene rings is 1. The normalized spacial score (nSPS) is 10.9. The molecule has 0 fully saturated rings. The van der Waals surface area contributed by atoms with Crippen LogP contribution in [0.25, 0.3) is 20.8 Å². The monoisotopic (exact) mass is 276 g/mol. The van der Waals surface area contributed by atoms with E-state index >= 15 is 0 Å². The molecule has 2 N–H and O–H groups in total. The molecule has 18 heavy (non-hydrogen) atoms. The Balaban J connectivity index is 2.08. The molecule has 3 rings (SSSR count). The molecule has 92 valence electrons. The van der Waals surface area contributed by atoms with Crippen molar-refractivity contribution < 1.29 is 4.74 Å². The van der Waals surface area contributed by atoms with Crippen molar-refractivity contribution in [1.82, 2.24) is 4.98 Å². The zero-order valence-electron chi connectivity index (χ0n) is 9.84. The zero-order chi connectivity index (χ0) is 12.5. The van der Waals surface area contributed by atoms with Crippen molar-refractivity contribution in [2.24, 2.45) is 0 Å². The molecule has 0 saturated heterocycles. The molecule has 0 aliphatic heterocycles. The van der Waals surface area contributed by atoms with Crippen molar-refractivity contribution in [2.45, 2.75) is 6.92 Å². The maximum Gasteiger partial charge on any atom is 0.127 e. The Morgan fingerprint density at radius 2 is 2.22 bits per heavy atom. The van der Waals surface area contributed by atoms with Gasteiger partial charge < -0.3 is 10.5 Å². The van der Waals surface area contributed by atoms with E-state index in [4.69, 9.17) is 10.5 Å². The van der Waals surface area contributed by atoms with E-state index < -0.39 is 0 Å². The molecule has 0 aliphatic carbocycles. The third-order valence-corrected chi connectivity index (χ3v) is 4.39. The van der Waals surface area contributed by atoms with Gasteiger partial charge >= 0.3 is 0 Å². The van der Waals surface area contributed by atoms with Crippen molar-refractivity contribution in [1.29, 1.82) is 0 Å². The first kappa shape index (κ1) is 11.5. The van der Waals surface area contributed by atoms with E-state index in [1.54, 1.807) is 22.7 Å². The Labute approximate surface area is 113 Å². The lowest BCUT2D eigenvalue weighted by Gasteiger charge is -2.00. The summed E-state index contributed by atoms with van der Waals surface area (Å²) in [7, 11) is 0. The van der Waals surface area contributed by atoms with Crippen LogP contribution in [0.4, 0.5) is 5.00 Å². The van der Waals surface area contributed by atoms with Gasteiger partial charge in [0.2, 0.25) is 0 Å². The summed E-state index contributed by atoms with van der Waals surface area (Å²) in [6.07, 6.45) is 0. The molecule has 2 heterocycles. The number of benzene rings is 1. The fourth-order valence-electron chi connectivity index (χ4n) is 1.77. The number of thiazole rings is 1. The summed E-state index contributed by atoms with van der Waals surface area (Å²) in [5.41, 5.74) is 7.95. The second-order valence-corrected chi connectivity index (χ2v) is 5.76. The molecule has 0 aliphatic rings. The molecule has 5 heteroatoms. The number of anilines is 1. The molecule has 0 atom stereocenters. The largest absolute Gasteiger partial charge is 0.494 e. The predicted octanol–water partition coefficient (Wildman–Crippen LogP) is 4.01. The number of ether oxygens (including phenoxy) is 1. The molecule has 3 aromatic rings. The quantitative estimate of drug-likeness (QED) is 0.786. The molecule has 0 bridgehead atoms. The summed E-state index contributed by atoms with van der Waals surface area (Å²) in [6, 6.07) is 7.99. The zero-order valence-corrected chi connectivity index (χ0v) is 11.5. The smallest absolute Gasteiger partial charge is 0.127 e. The van der Waals surface area contributed by atoms with E-state index in [-0.39, 0.29) is 0 Å². The number of nitrogens with two attached hydrogens (primary N) is 1. The molecule has 0 saturated carbocycles. The van der Waals surface area contributed by atoms with E-state index in [1.165, 1.54) is 0 Å². The van der Waals surface area contributed by atoms with Crippen LogP contribution in [0.1, 0.15) is 6.92 Å². The Morgan fingerprint density at radius 1 is 1.33 bits per heavy atom. The third-order valence-electron chi connectivity index (χ3n) is 2.60. The molecular weight excluding hydrogens is 264 g/mol. The number of rotatable bonds is 3. The second-order valence-electron chi connectivity index (χ2n) is 3.78. The molecule has 0 unspecified atom stereocenters. The van der Waals surface area contributed by atoms with Gasteiger partial charge in [0.1, 0.15) is 10.8 Å². The fourth-order valence-corrected chi connectivity index (χ4v) is 3.51. The van der Waals surface area contributed by atoms with Crippen LogP contribution in [-0.2, 0) is 0 Å². The average molecular weight is 276 g/mol. The van der Waals surface area contributed by atoms with Crippen molar-refractivity contribution in [3.05, 3.63) is 29.6 Å². The number of fused-ring (bicyclic) bond motifs is 1. The van der Waals surface area contributed by atoms with Crippen LogP contribution in [-0.4, -0.2) is 11.6 Å². The summed E-state index contributed by atoms with van der Waals surface area (Å²) < 4.78 is 6.62. The van der Waals surface area contributed by atoms with Gasteiger partial charge in [0.25, 0.3) is 0 Å². The fraction of sp³-hybridized carbons (Fsp3) is 0.154. The van der Waals surface area contributed by atoms with Gasteiger partial charge in [-0.2, -0.15) is 0 Å². The molecule has 3 nitrogen and oxygen atoms in total. The lowest BCUT2D eigenvalue weighted by Crippen LogP contribution is -1.89. The van der Waals surface area contributed by atoms with Gasteiger partial charge in [-0.25, -0.2) is 4.98 Å². The predicted molar refractivity (Wildman–Crippen MR) is 78.5 cm³/mol. The second kappa shape index (κ2) is 4.59. The topological polar surface area (TPSA) is 48.1 Å². The number of hydrogen-bond acceptors (Lipinski definition) is 5. The van der Waals surface area contributed by atoms with Crippen LogP contribution >= 0.6 is 22.7 Å². The number of nitrogens with zero attached hydrogens (tertiary/aromatic N) is 1. The molecule has 1 aromatic carbocycles. The first-order valence-electron chi connectivity index (χ1n) is 5.64. The number of nitrogen functional groups attached to an aromatic ring is 1. The summed E-state index contributed by atoms with van der Waals surface area (Å²) >= 11 is 3.18. The van der Waals surface area contributed by atoms with Gasteiger partial charge in [-0.1, -0.05) is 0 Å². The summed E-state index contributed by atoms with van der Waals surface area (Å²) in [5.74, 6) is 0.887. The highest BCUT2D eigenvalue weighted by molar-refractivity contribution is 7.22. The van der Waals surface area contributed by atoms with E-state index in [0.29, 0.717) is 6.61 Å². The first-order valence-corrected chi connectivity index (χ1v) is 7.34. The lowest BCUT2D eigenvalue weighted by atomic mass is 10.3. The van der Waals surface area contributed by atoms with Crippen LogP contribution in [0.15, 0.2) is 29.6 Å². The van der Waals surface area contributed by atoms with Gasteiger partial charge in [0.15, 0.2) is 0 Å². The van der Waals surface area contributed by atoms with Crippen molar-refractivity contribution >= 4 is 37.9 Å². The minimum atomic E-state index is 0.675. The number of hydrogen-bond donors (Lipinski definition) is 1. The number of aromatic nitrogens is 1. The Bertz CT molecular complexity index is 687. The summed E-state index contributed by atoms with van der Waals surface area (Å²) in [4.78, 5) is 4.61. The van der Waals surface area contributed by atoms with Gasteiger partial charge in [0.05, 0.1) is 21.8 Å². The van der Waals surface area contributed by atoms with E-state index in [2.05, 4.69) is 4.98 Å². The molecule has 0 spiro atoms. The van der Waals surface area contributed by atoms with E-state index in [1.807, 2.05) is 36.6 Å². The SMILES string of the molecule is CCOc1ccc2nc(-c3ccsc3N)sc2c1. The molecular formula is C13H12N2OS2. The van der Waals surface area contributed by atoms with E-state index in [0.717, 1.165) is 31.5 Å². The average Bonchev–Trinajstić information content (AvgIpc) is 2.94. The van der Waals surface area contributed by atoms with Crippen LogP contribution in [0.3, 0.4) is 0 Å². The Morgan fingerprint density at radius 3 is 2.94 bits per heavy atom. The minimum absolute atomic E-state index is 0.675. The van der Waals surface area contributed by atoms with Crippen LogP contribution in [0.2, 0.25) is 0 Å². The van der Waals surface area contributed by atoms with Gasteiger partial charge in [-0.05, 0) is 36.6 Å². The Hall–Kier alpha value is -1.59. The van der Waals surface area contributed by atoms with Crippen molar-refractivity contribution in [3.63, 3.8) is 0 Å². The van der Waals surface area contributed by atoms with Crippen molar-refractivity contribution in [3.8, 4) is 16.3 Å². The van der Waals surface area contributed by atoms with E-state index in [9.17, 15) is 0 Å². The third kappa shape index (κ3) is 1.95. The van der Waals surface area contributed by atoms with Crippen LogP contribution in [0.5, 0.6) is 5.75 Å². The first-order chi connectivity index (χ1) is 8.78. The molecule has 0 amide bonds. The maximum absolute atomic E-state index is 5.93. The molecule has 0 radical (unpaired) electrons. The highest BCUT2D eigenvalue weighted by atomic mass is 32.1. The lowest BCUT2D eigenvalue weighted by molar-refractivity contribution is 0.341. The summed E-state index contributed by atoms with van der Waals surface area (Å²) in [6.45, 7) is 2.66. The molecule has 2 aromatic heterocycles.